The number of phenols is 1. The number of benzene rings is 3. The molecular formula is C33H36I2N4O6. The molecule has 5 rings (SSSR count). The van der Waals surface area contributed by atoms with Gasteiger partial charge >= 0.3 is 0 Å². The van der Waals surface area contributed by atoms with Crippen molar-refractivity contribution < 1.29 is 86.3 Å². The number of likely N-dealkylation sites (N-methyl/N-ethyl adjacent to an activating group) is 2. The molecule has 0 spiro atoms. The van der Waals surface area contributed by atoms with Crippen molar-refractivity contribution in [3.05, 3.63) is 75.3 Å². The molecule has 0 radical (unpaired) electrons. The van der Waals surface area contributed by atoms with Crippen LogP contribution in [-0.2, 0) is 6.61 Å². The van der Waals surface area contributed by atoms with Gasteiger partial charge in [-0.25, -0.2) is 0 Å². The van der Waals surface area contributed by atoms with Crippen molar-refractivity contribution in [1.29, 1.82) is 0 Å². The molecular weight excluding hydrogens is 802 g/mol. The molecule has 238 valence electrons. The molecule has 0 unspecified atom stereocenters. The number of rotatable bonds is 7. The predicted octanol–water partition coefficient (Wildman–Crippen LogP) is -3.95. The van der Waals surface area contributed by atoms with Crippen LogP contribution in [0.5, 0.6) is 5.75 Å². The quantitative estimate of drug-likeness (QED) is 0.109. The highest BCUT2D eigenvalue weighted by atomic mass is 127. The van der Waals surface area contributed by atoms with Crippen LogP contribution in [0.2, 0.25) is 0 Å². The van der Waals surface area contributed by atoms with Crippen molar-refractivity contribution in [2.75, 3.05) is 68.5 Å². The van der Waals surface area contributed by atoms with Gasteiger partial charge in [-0.05, 0) is 36.4 Å². The van der Waals surface area contributed by atoms with Crippen molar-refractivity contribution in [2.24, 2.45) is 0 Å². The fourth-order valence-electron chi connectivity index (χ4n) is 5.30. The monoisotopic (exact) mass is 838 g/mol. The number of hydrogen-bond donors (Lipinski definition) is 2. The van der Waals surface area contributed by atoms with E-state index < -0.39 is 23.6 Å². The Morgan fingerprint density at radius 3 is 1.71 bits per heavy atom. The first kappa shape index (κ1) is 36.4. The number of carbonyl (C=O) groups is 4. The van der Waals surface area contributed by atoms with Crippen molar-refractivity contribution in [1.82, 2.24) is 9.80 Å². The number of amides is 4. The van der Waals surface area contributed by atoms with Gasteiger partial charge in [-0.15, -0.1) is 0 Å². The van der Waals surface area contributed by atoms with Gasteiger partial charge in [-0.2, -0.15) is 0 Å². The summed E-state index contributed by atoms with van der Waals surface area (Å²) in [6, 6.07) is 9.22. The molecule has 0 aromatic heterocycles. The van der Waals surface area contributed by atoms with E-state index >= 15 is 0 Å². The number of halogens is 2. The number of aromatic hydroxyl groups is 1. The van der Waals surface area contributed by atoms with Gasteiger partial charge in [0.1, 0.15) is 5.75 Å². The summed E-state index contributed by atoms with van der Waals surface area (Å²) in [5.41, 5.74) is 1.91. The molecule has 4 amide bonds. The van der Waals surface area contributed by atoms with Gasteiger partial charge < -0.3 is 67.1 Å². The summed E-state index contributed by atoms with van der Waals surface area (Å²) in [7, 11) is 11.8. The largest absolute Gasteiger partial charge is 1.00 e. The van der Waals surface area contributed by atoms with E-state index in [2.05, 4.69) is 11.8 Å². The van der Waals surface area contributed by atoms with E-state index in [1.54, 1.807) is 24.3 Å². The molecule has 3 aromatic carbocycles. The van der Waals surface area contributed by atoms with Crippen molar-refractivity contribution in [3.8, 4) is 17.6 Å². The summed E-state index contributed by atoms with van der Waals surface area (Å²) >= 11 is 0. The summed E-state index contributed by atoms with van der Waals surface area (Å²) in [6.07, 6.45) is 0. The predicted molar refractivity (Wildman–Crippen MR) is 160 cm³/mol. The molecule has 10 nitrogen and oxygen atoms in total. The first-order valence-corrected chi connectivity index (χ1v) is 14.0. The highest BCUT2D eigenvalue weighted by molar-refractivity contribution is 6.34. The standard InChI is InChI=1S/C33H35N4O6.2HI/c1-36(2,3)15-13-34-30(40)23-10-11-24-29-27(33(43)35(31(24)41)14-16-37(4,5)6)21(18-25(28(23)29)32(34)42)9-7-20-8-12-26(39)22(17-20)19-38;;/h8,10-12,17-18,38H,13-16,19H2,1-6H3;2*1H/q+1;;/p-1. The Hall–Kier alpha value is -3.10. The van der Waals surface area contributed by atoms with Gasteiger partial charge in [0.25, 0.3) is 23.6 Å². The highest BCUT2D eigenvalue weighted by Crippen LogP contribution is 2.39. The zero-order valence-corrected chi connectivity index (χ0v) is 30.4. The second kappa shape index (κ2) is 13.3. The molecule has 2 heterocycles. The second-order valence-electron chi connectivity index (χ2n) is 13.1. The van der Waals surface area contributed by atoms with Gasteiger partial charge in [-0.1, -0.05) is 11.8 Å². The molecule has 2 aliphatic heterocycles. The normalized spacial score (nSPS) is 14.2. The minimum Gasteiger partial charge on any atom is -1.00 e. The van der Waals surface area contributed by atoms with E-state index in [9.17, 15) is 29.4 Å². The molecule has 45 heavy (non-hydrogen) atoms. The van der Waals surface area contributed by atoms with E-state index in [1.807, 2.05) is 42.3 Å². The van der Waals surface area contributed by atoms with E-state index in [1.165, 1.54) is 21.9 Å². The molecule has 0 saturated carbocycles. The summed E-state index contributed by atoms with van der Waals surface area (Å²) in [6.45, 7) is 1.04. The number of hydrogen-bond acceptors (Lipinski definition) is 6. The van der Waals surface area contributed by atoms with Crippen LogP contribution in [0.3, 0.4) is 0 Å². The number of carbonyl (C=O) groups excluding carboxylic acids is 4. The van der Waals surface area contributed by atoms with E-state index in [-0.39, 0.29) is 107 Å². The Labute approximate surface area is 296 Å². The second-order valence-corrected chi connectivity index (χ2v) is 13.1. The maximum Gasteiger partial charge on any atom is 0.262 e. The van der Waals surface area contributed by atoms with Crippen molar-refractivity contribution in [2.45, 2.75) is 6.61 Å². The van der Waals surface area contributed by atoms with Gasteiger partial charge in [-0.3, -0.25) is 29.0 Å². The number of quaternary nitrogens is 2. The van der Waals surface area contributed by atoms with Crippen LogP contribution >= 0.6 is 0 Å². The molecule has 2 N–H and O–H groups in total. The lowest BCUT2D eigenvalue weighted by molar-refractivity contribution is -0.869. The first-order valence-electron chi connectivity index (χ1n) is 14.0. The molecule has 0 aliphatic carbocycles. The Balaban J connectivity index is 0.00000276. The van der Waals surface area contributed by atoms with Crippen LogP contribution < -0.4 is 48.0 Å². The van der Waals surface area contributed by atoms with Crippen LogP contribution in [0.25, 0.3) is 10.8 Å². The third-order valence-electron chi connectivity index (χ3n) is 7.75. The average Bonchev–Trinajstić information content (AvgIpc) is 2.92. The van der Waals surface area contributed by atoms with Crippen LogP contribution in [0.4, 0.5) is 0 Å². The molecule has 0 bridgehead atoms. The molecule has 0 atom stereocenters. The molecule has 0 fully saturated rings. The van der Waals surface area contributed by atoms with E-state index in [0.717, 1.165) is 0 Å². The average molecular weight is 838 g/mol. The SMILES string of the molecule is C[N+](C)(C)CCN1C(=O)c2ccc3c4c(c(C#Cc5ccc(O)c(CO)c5)cc(c24)C1=O)C(=O)N(CC[N+](C)(C)C)C3=O.[I-].[I-]. The molecule has 3 aromatic rings. The third-order valence-corrected chi connectivity index (χ3v) is 7.75. The summed E-state index contributed by atoms with van der Waals surface area (Å²) in [5, 5.41) is 20.1. The number of imide groups is 2. The zero-order valence-electron chi connectivity index (χ0n) is 26.1. The van der Waals surface area contributed by atoms with Crippen LogP contribution in [0.15, 0.2) is 36.4 Å². The third kappa shape index (κ3) is 7.02. The minimum absolute atomic E-state index is 0. The van der Waals surface area contributed by atoms with Crippen LogP contribution in [0, 0.1) is 11.8 Å². The number of aliphatic hydroxyl groups excluding tert-OH is 1. The molecule has 2 aliphatic rings. The van der Waals surface area contributed by atoms with Crippen molar-refractivity contribution >= 4 is 34.4 Å². The van der Waals surface area contributed by atoms with E-state index in [4.69, 9.17) is 0 Å². The minimum atomic E-state index is -0.534. The molecule has 12 heteroatoms. The Morgan fingerprint density at radius 2 is 1.18 bits per heavy atom. The highest BCUT2D eigenvalue weighted by Gasteiger charge is 2.41. The van der Waals surface area contributed by atoms with Gasteiger partial charge in [0.05, 0.1) is 80.6 Å². The van der Waals surface area contributed by atoms with Gasteiger partial charge in [0.15, 0.2) is 0 Å². The lowest BCUT2D eigenvalue weighted by Gasteiger charge is -2.34. The zero-order chi connectivity index (χ0) is 31.4. The smallest absolute Gasteiger partial charge is 0.262 e. The topological polar surface area (TPSA) is 115 Å². The van der Waals surface area contributed by atoms with Crippen LogP contribution in [0.1, 0.15) is 58.1 Å². The Morgan fingerprint density at radius 1 is 0.667 bits per heavy atom. The van der Waals surface area contributed by atoms with Gasteiger partial charge in [0, 0.05) is 44.2 Å². The first-order chi connectivity index (χ1) is 20.1. The lowest BCUT2D eigenvalue weighted by Crippen LogP contribution is -3.00. The maximum absolute atomic E-state index is 14.1. The van der Waals surface area contributed by atoms with Crippen LogP contribution in [-0.4, -0.2) is 121 Å². The fourth-order valence-corrected chi connectivity index (χ4v) is 5.30. The summed E-state index contributed by atoms with van der Waals surface area (Å²) in [4.78, 5) is 57.7. The fraction of sp³-hybridized carbons (Fsp3) is 0.333. The van der Waals surface area contributed by atoms with Gasteiger partial charge in [0.2, 0.25) is 0 Å². The van der Waals surface area contributed by atoms with Crippen molar-refractivity contribution in [3.63, 3.8) is 0 Å². The Kier molecular flexibility index (Phi) is 10.8. The number of nitrogens with zero attached hydrogens (tertiary/aromatic N) is 4. The lowest BCUT2D eigenvalue weighted by atomic mass is 9.83. The summed E-state index contributed by atoms with van der Waals surface area (Å²) in [5.74, 6) is 3.97. The maximum atomic E-state index is 14.1. The molecule has 0 saturated heterocycles. The number of aliphatic hydroxyl groups is 1. The summed E-state index contributed by atoms with van der Waals surface area (Å²) < 4.78 is 1.08. The van der Waals surface area contributed by atoms with E-state index in [0.29, 0.717) is 38.6 Å². The Bertz CT molecular complexity index is 1800.